The molecule has 0 aromatic heterocycles. The van der Waals surface area contributed by atoms with Crippen molar-refractivity contribution in [2.75, 3.05) is 0 Å². The molecule has 2 fully saturated rings. The summed E-state index contributed by atoms with van der Waals surface area (Å²) in [5.41, 5.74) is 1.75. The molecule has 150 valence electrons. The van der Waals surface area contributed by atoms with Gasteiger partial charge in [-0.1, -0.05) is 31.2 Å². The first-order valence-electron chi connectivity index (χ1n) is 10.3. The first kappa shape index (κ1) is 18.8. The Hall–Kier alpha value is -2.57. The summed E-state index contributed by atoms with van der Waals surface area (Å²) < 4.78 is 0. The van der Waals surface area contributed by atoms with E-state index in [0.717, 1.165) is 19.3 Å². The fourth-order valence-electron chi connectivity index (χ4n) is 4.88. The molecule has 7 heteroatoms. The van der Waals surface area contributed by atoms with Gasteiger partial charge in [0.2, 0.25) is 0 Å². The Kier molecular flexibility index (Phi) is 5.00. The van der Waals surface area contributed by atoms with E-state index >= 15 is 0 Å². The average Bonchev–Trinajstić information content (AvgIpc) is 2.84. The zero-order valence-electron chi connectivity index (χ0n) is 16.2. The highest BCUT2D eigenvalue weighted by atomic mass is 16.2. The van der Waals surface area contributed by atoms with Crippen LogP contribution in [-0.2, 0) is 11.2 Å². The number of carbonyl (C=O) groups excluding carboxylic acids is 3. The number of hydrogen-bond acceptors (Lipinski definition) is 3. The monoisotopic (exact) mass is 384 g/mol. The SMILES string of the molecule is CC1CCCc2ccccc2C1NC(=O)NC1CCC2(CC1)NC(=O)NC2=O. The third-order valence-corrected chi connectivity index (χ3v) is 6.54. The zero-order valence-corrected chi connectivity index (χ0v) is 16.2. The summed E-state index contributed by atoms with van der Waals surface area (Å²) in [4.78, 5) is 36.2. The molecule has 0 radical (unpaired) electrons. The second-order valence-corrected chi connectivity index (χ2v) is 8.43. The van der Waals surface area contributed by atoms with Gasteiger partial charge in [-0.15, -0.1) is 0 Å². The molecule has 5 amide bonds. The number of imide groups is 1. The minimum atomic E-state index is -0.791. The highest BCUT2D eigenvalue weighted by molar-refractivity contribution is 6.07. The molecule has 0 bridgehead atoms. The van der Waals surface area contributed by atoms with Crippen LogP contribution >= 0.6 is 0 Å². The largest absolute Gasteiger partial charge is 0.335 e. The summed E-state index contributed by atoms with van der Waals surface area (Å²) in [6.45, 7) is 2.19. The number of fused-ring (bicyclic) bond motifs is 1. The van der Waals surface area contributed by atoms with Crippen LogP contribution in [0.5, 0.6) is 0 Å². The predicted molar refractivity (Wildman–Crippen MR) is 105 cm³/mol. The first-order chi connectivity index (χ1) is 13.5. The summed E-state index contributed by atoms with van der Waals surface area (Å²) in [6, 6.07) is 7.80. The number of rotatable bonds is 2. The summed E-state index contributed by atoms with van der Waals surface area (Å²) in [6.07, 6.45) is 5.68. The molecule has 2 aliphatic carbocycles. The van der Waals surface area contributed by atoms with E-state index in [1.165, 1.54) is 11.1 Å². The van der Waals surface area contributed by atoms with Crippen LogP contribution in [0.25, 0.3) is 0 Å². The van der Waals surface area contributed by atoms with Gasteiger partial charge in [0.1, 0.15) is 5.54 Å². The van der Waals surface area contributed by atoms with Crippen LogP contribution in [0, 0.1) is 5.92 Å². The summed E-state index contributed by atoms with van der Waals surface area (Å²) >= 11 is 0. The van der Waals surface area contributed by atoms with Crippen LogP contribution in [0.4, 0.5) is 9.59 Å². The van der Waals surface area contributed by atoms with Gasteiger partial charge in [-0.25, -0.2) is 9.59 Å². The molecular formula is C21H28N4O3. The molecule has 3 aliphatic rings. The molecule has 1 saturated carbocycles. The van der Waals surface area contributed by atoms with Gasteiger partial charge in [0, 0.05) is 6.04 Å². The Morgan fingerprint density at radius 3 is 2.57 bits per heavy atom. The average molecular weight is 384 g/mol. The standard InChI is InChI=1S/C21H28N4O3/c1-13-5-4-7-14-6-2-3-8-16(14)17(13)23-19(27)22-15-9-11-21(12-10-15)18(26)24-20(28)25-21/h2-3,6,8,13,15,17H,4-5,7,9-12H2,1H3,(H2,22,23,27)(H2,24,25,26,28). The van der Waals surface area contributed by atoms with Crippen LogP contribution in [-0.4, -0.2) is 29.6 Å². The van der Waals surface area contributed by atoms with E-state index in [-0.39, 0.29) is 24.0 Å². The van der Waals surface area contributed by atoms with Crippen molar-refractivity contribution in [1.82, 2.24) is 21.3 Å². The van der Waals surface area contributed by atoms with Crippen molar-refractivity contribution in [3.63, 3.8) is 0 Å². The van der Waals surface area contributed by atoms with Gasteiger partial charge in [0.25, 0.3) is 5.91 Å². The fraction of sp³-hybridized carbons (Fsp3) is 0.571. The van der Waals surface area contributed by atoms with Crippen LogP contribution in [0.2, 0.25) is 0 Å². The number of amides is 5. The maximum Gasteiger partial charge on any atom is 0.322 e. The number of aryl methyl sites for hydroxylation is 1. The quantitative estimate of drug-likeness (QED) is 0.466. The molecular weight excluding hydrogens is 356 g/mol. The van der Waals surface area contributed by atoms with E-state index in [9.17, 15) is 14.4 Å². The van der Waals surface area contributed by atoms with Crippen LogP contribution in [0.15, 0.2) is 24.3 Å². The molecule has 1 aromatic carbocycles. The van der Waals surface area contributed by atoms with Crippen molar-refractivity contribution in [2.24, 2.45) is 5.92 Å². The maximum atomic E-state index is 12.7. The van der Waals surface area contributed by atoms with Crippen molar-refractivity contribution >= 4 is 18.0 Å². The van der Waals surface area contributed by atoms with Crippen LogP contribution in [0.1, 0.15) is 62.6 Å². The first-order valence-corrected chi connectivity index (χ1v) is 10.3. The molecule has 2 atom stereocenters. The molecule has 1 saturated heterocycles. The lowest BCUT2D eigenvalue weighted by atomic mass is 9.79. The van der Waals surface area contributed by atoms with E-state index in [1.54, 1.807) is 0 Å². The third-order valence-electron chi connectivity index (χ3n) is 6.54. The lowest BCUT2D eigenvalue weighted by Crippen LogP contribution is -2.54. The van der Waals surface area contributed by atoms with Gasteiger partial charge in [-0.05, 0) is 62.0 Å². The van der Waals surface area contributed by atoms with Gasteiger partial charge >= 0.3 is 12.1 Å². The summed E-state index contributed by atoms with van der Waals surface area (Å²) in [7, 11) is 0. The Labute approximate surface area is 165 Å². The highest BCUT2D eigenvalue weighted by Crippen LogP contribution is 2.33. The zero-order chi connectivity index (χ0) is 19.7. The Bertz CT molecular complexity index is 786. The Morgan fingerprint density at radius 1 is 1.11 bits per heavy atom. The molecule has 4 rings (SSSR count). The third kappa shape index (κ3) is 3.57. The molecule has 4 N–H and O–H groups in total. The van der Waals surface area contributed by atoms with E-state index in [0.29, 0.717) is 31.6 Å². The van der Waals surface area contributed by atoms with Gasteiger partial charge in [0.05, 0.1) is 6.04 Å². The smallest absolute Gasteiger partial charge is 0.322 e. The summed E-state index contributed by atoms with van der Waals surface area (Å²) in [5, 5.41) is 11.3. The normalized spacial score (nSPS) is 32.1. The van der Waals surface area contributed by atoms with Crippen molar-refractivity contribution in [3.8, 4) is 0 Å². The second kappa shape index (κ2) is 7.45. The van der Waals surface area contributed by atoms with Gasteiger partial charge in [0.15, 0.2) is 0 Å². The molecule has 1 spiro atoms. The molecule has 2 unspecified atom stereocenters. The molecule has 7 nitrogen and oxygen atoms in total. The lowest BCUT2D eigenvalue weighted by molar-refractivity contribution is -0.125. The maximum absolute atomic E-state index is 12.7. The van der Waals surface area contributed by atoms with Crippen molar-refractivity contribution < 1.29 is 14.4 Å². The van der Waals surface area contributed by atoms with Crippen molar-refractivity contribution in [3.05, 3.63) is 35.4 Å². The number of carbonyl (C=O) groups is 3. The van der Waals surface area contributed by atoms with Crippen LogP contribution in [0.3, 0.4) is 0 Å². The minimum absolute atomic E-state index is 0.00672. The van der Waals surface area contributed by atoms with E-state index < -0.39 is 11.6 Å². The summed E-state index contributed by atoms with van der Waals surface area (Å²) in [5.74, 6) is 0.130. The molecule has 1 aliphatic heterocycles. The Morgan fingerprint density at radius 2 is 1.86 bits per heavy atom. The number of benzene rings is 1. The fourth-order valence-corrected chi connectivity index (χ4v) is 4.88. The van der Waals surface area contributed by atoms with E-state index in [1.807, 2.05) is 6.07 Å². The van der Waals surface area contributed by atoms with Gasteiger partial charge < -0.3 is 16.0 Å². The number of nitrogens with one attached hydrogen (secondary N) is 4. The minimum Gasteiger partial charge on any atom is -0.335 e. The predicted octanol–water partition coefficient (Wildman–Crippen LogP) is 2.52. The van der Waals surface area contributed by atoms with Gasteiger partial charge in [-0.2, -0.15) is 0 Å². The molecule has 28 heavy (non-hydrogen) atoms. The number of urea groups is 2. The van der Waals surface area contributed by atoms with Crippen LogP contribution < -0.4 is 21.3 Å². The van der Waals surface area contributed by atoms with Crippen molar-refractivity contribution in [2.45, 2.75) is 69.5 Å². The van der Waals surface area contributed by atoms with Gasteiger partial charge in [-0.3, -0.25) is 10.1 Å². The van der Waals surface area contributed by atoms with E-state index in [2.05, 4.69) is 46.4 Å². The topological polar surface area (TPSA) is 99.3 Å². The van der Waals surface area contributed by atoms with Crippen molar-refractivity contribution in [1.29, 1.82) is 0 Å². The highest BCUT2D eigenvalue weighted by Gasteiger charge is 2.48. The van der Waals surface area contributed by atoms with E-state index in [4.69, 9.17) is 0 Å². The molecule has 1 aromatic rings. The second-order valence-electron chi connectivity index (χ2n) is 8.43. The Balaban J connectivity index is 1.36. The number of hydrogen-bond donors (Lipinski definition) is 4. The molecule has 1 heterocycles. The lowest BCUT2D eigenvalue weighted by Gasteiger charge is -2.35.